The summed E-state index contributed by atoms with van der Waals surface area (Å²) in [6.07, 6.45) is 3.15. The lowest BCUT2D eigenvalue weighted by Crippen LogP contribution is -2.23. The predicted octanol–water partition coefficient (Wildman–Crippen LogP) is 4.07. The van der Waals surface area contributed by atoms with Crippen molar-refractivity contribution >= 4 is 16.8 Å². The number of amides is 1. The number of fused-ring (bicyclic) bond motifs is 2. The van der Waals surface area contributed by atoms with Crippen LogP contribution in [-0.4, -0.2) is 25.6 Å². The van der Waals surface area contributed by atoms with Gasteiger partial charge in [-0.2, -0.15) is 5.10 Å². The van der Waals surface area contributed by atoms with E-state index in [1.807, 2.05) is 0 Å². The Bertz CT molecular complexity index is 1370. The molecule has 29 heavy (non-hydrogen) atoms. The Kier molecular flexibility index (Phi) is 3.42. The topological polar surface area (TPSA) is 51.0 Å². The highest BCUT2D eigenvalue weighted by Gasteiger charge is 2.28. The van der Waals surface area contributed by atoms with Crippen LogP contribution >= 0.6 is 0 Å². The van der Waals surface area contributed by atoms with E-state index in [-0.39, 0.29) is 23.4 Å². The van der Waals surface area contributed by atoms with E-state index in [1.54, 1.807) is 30.1 Å². The fourth-order valence-electron chi connectivity index (χ4n) is 3.56. The first-order chi connectivity index (χ1) is 14.8. The van der Waals surface area contributed by atoms with Gasteiger partial charge >= 0.3 is 0 Å². The van der Waals surface area contributed by atoms with Crippen molar-refractivity contribution in [2.75, 3.05) is 0 Å². The van der Waals surface area contributed by atoms with Crippen molar-refractivity contribution < 1.29 is 16.3 Å². The van der Waals surface area contributed by atoms with E-state index >= 15 is 4.39 Å². The van der Waals surface area contributed by atoms with Crippen LogP contribution in [0.1, 0.15) is 24.4 Å². The lowest BCUT2D eigenvalue weighted by molar-refractivity contribution is 0.0765. The van der Waals surface area contributed by atoms with Crippen molar-refractivity contribution in [2.24, 2.45) is 7.05 Å². The maximum Gasteiger partial charge on any atom is 0.256 e. The van der Waals surface area contributed by atoms with Crippen molar-refractivity contribution in [2.45, 2.75) is 13.0 Å². The van der Waals surface area contributed by atoms with Gasteiger partial charge in [0.15, 0.2) is 0 Å². The second kappa shape index (κ2) is 6.48. The van der Waals surface area contributed by atoms with Crippen LogP contribution in [-0.2, 0) is 20.1 Å². The summed E-state index contributed by atoms with van der Waals surface area (Å²) in [5.41, 5.74) is 1.76. The van der Waals surface area contributed by atoms with Gasteiger partial charge < -0.3 is 4.90 Å². The average Bonchev–Trinajstić information content (AvgIpc) is 3.19. The van der Waals surface area contributed by atoms with E-state index in [4.69, 9.17) is 2.74 Å². The minimum atomic E-state index is -2.15. The molecule has 2 aromatic carbocycles. The summed E-state index contributed by atoms with van der Waals surface area (Å²) in [5, 5.41) is 4.89. The van der Waals surface area contributed by atoms with Crippen molar-refractivity contribution in [3.8, 4) is 11.1 Å². The van der Waals surface area contributed by atoms with Crippen LogP contribution in [0.4, 0.5) is 8.78 Å². The Morgan fingerprint density at radius 2 is 2.03 bits per heavy atom. The van der Waals surface area contributed by atoms with Gasteiger partial charge in [0.05, 0.1) is 26.0 Å². The molecule has 0 saturated carbocycles. The highest BCUT2D eigenvalue weighted by molar-refractivity contribution is 5.97. The second-order valence-corrected chi connectivity index (χ2v) is 6.90. The van der Waals surface area contributed by atoms with Gasteiger partial charge in [0.1, 0.15) is 11.6 Å². The second-order valence-electron chi connectivity index (χ2n) is 6.90. The molecule has 0 saturated heterocycles. The van der Waals surface area contributed by atoms with Crippen LogP contribution in [0, 0.1) is 11.6 Å². The first-order valence-corrected chi connectivity index (χ1v) is 8.95. The summed E-state index contributed by atoms with van der Waals surface area (Å²) in [6, 6.07) is 10.1. The van der Waals surface area contributed by atoms with Gasteiger partial charge in [0.25, 0.3) is 5.91 Å². The summed E-state index contributed by atoms with van der Waals surface area (Å²) >= 11 is 0. The Hall–Kier alpha value is -3.61. The monoisotopic (exact) mass is 392 g/mol. The van der Waals surface area contributed by atoms with Gasteiger partial charge in [-0.25, -0.2) is 8.78 Å². The number of rotatable bonds is 3. The summed E-state index contributed by atoms with van der Waals surface area (Å²) in [6.45, 7) is -2.41. The number of carbonyl (C=O) groups is 1. The molecule has 1 aliphatic heterocycles. The SMILES string of the molecule is [2H]C1([2H])c2ncccc2C(=O)N1Cc1ccc(-c2cc(F)cc3nn(C)cc23)cc1F. The molecule has 1 aliphatic rings. The molecule has 144 valence electrons. The van der Waals surface area contributed by atoms with Gasteiger partial charge in [-0.1, -0.05) is 12.1 Å². The zero-order valence-corrected chi connectivity index (χ0v) is 15.4. The number of pyridine rings is 1. The van der Waals surface area contributed by atoms with Gasteiger partial charge in [0.2, 0.25) is 0 Å². The summed E-state index contributed by atoms with van der Waals surface area (Å²) in [7, 11) is 1.72. The fraction of sp³-hybridized carbons (Fsp3) is 0.136. The quantitative estimate of drug-likeness (QED) is 0.528. The number of aryl methyl sites for hydroxylation is 1. The summed E-state index contributed by atoms with van der Waals surface area (Å²) in [4.78, 5) is 17.6. The Morgan fingerprint density at radius 1 is 1.17 bits per heavy atom. The first-order valence-electron chi connectivity index (χ1n) is 9.95. The number of hydrogen-bond donors (Lipinski definition) is 0. The fourth-order valence-corrected chi connectivity index (χ4v) is 3.56. The van der Waals surface area contributed by atoms with Crippen molar-refractivity contribution in [1.29, 1.82) is 0 Å². The van der Waals surface area contributed by atoms with E-state index in [2.05, 4.69) is 10.1 Å². The largest absolute Gasteiger partial charge is 0.328 e. The van der Waals surface area contributed by atoms with Gasteiger partial charge in [-0.3, -0.25) is 14.5 Å². The number of hydrogen-bond acceptors (Lipinski definition) is 3. The summed E-state index contributed by atoms with van der Waals surface area (Å²) in [5.74, 6) is -1.64. The third-order valence-corrected chi connectivity index (χ3v) is 4.92. The smallest absolute Gasteiger partial charge is 0.256 e. The molecule has 4 aromatic rings. The molecule has 0 atom stereocenters. The van der Waals surface area contributed by atoms with E-state index in [0.717, 1.165) is 4.90 Å². The molecular formula is C22H16F2N4O. The van der Waals surface area contributed by atoms with E-state index in [9.17, 15) is 9.18 Å². The maximum absolute atomic E-state index is 15.0. The molecule has 2 aromatic heterocycles. The molecular weight excluding hydrogens is 374 g/mol. The van der Waals surface area contributed by atoms with Gasteiger partial charge in [0, 0.05) is 43.0 Å². The number of halogens is 2. The maximum atomic E-state index is 15.0. The molecule has 1 amide bonds. The van der Waals surface area contributed by atoms with E-state index in [0.29, 0.717) is 22.0 Å². The van der Waals surface area contributed by atoms with E-state index < -0.39 is 24.0 Å². The molecule has 0 aliphatic carbocycles. The van der Waals surface area contributed by atoms with Crippen LogP contribution in [0.5, 0.6) is 0 Å². The zero-order chi connectivity index (χ0) is 21.9. The number of nitrogens with zero attached hydrogens (tertiary/aromatic N) is 4. The highest BCUT2D eigenvalue weighted by atomic mass is 19.1. The highest BCUT2D eigenvalue weighted by Crippen LogP contribution is 2.31. The van der Waals surface area contributed by atoms with Crippen LogP contribution < -0.4 is 0 Å². The Balaban J connectivity index is 1.51. The molecule has 5 rings (SSSR count). The molecule has 0 radical (unpaired) electrons. The molecule has 0 bridgehead atoms. The predicted molar refractivity (Wildman–Crippen MR) is 104 cm³/mol. The van der Waals surface area contributed by atoms with Crippen LogP contribution in [0.3, 0.4) is 0 Å². The van der Waals surface area contributed by atoms with Crippen molar-refractivity contribution in [1.82, 2.24) is 19.7 Å². The first kappa shape index (κ1) is 15.3. The van der Waals surface area contributed by atoms with Crippen molar-refractivity contribution in [3.05, 3.63) is 83.3 Å². The van der Waals surface area contributed by atoms with Gasteiger partial charge in [-0.05, 0) is 35.4 Å². The van der Waals surface area contributed by atoms with Crippen LogP contribution in [0.15, 0.2) is 54.9 Å². The lowest BCUT2D eigenvalue weighted by atomic mass is 10.00. The number of aromatic nitrogens is 3. The van der Waals surface area contributed by atoms with Gasteiger partial charge in [-0.15, -0.1) is 0 Å². The van der Waals surface area contributed by atoms with E-state index in [1.165, 1.54) is 36.5 Å². The molecule has 0 N–H and O–H groups in total. The molecule has 0 fully saturated rings. The Labute approximate surface area is 168 Å². The standard InChI is InChI=1S/C22H16F2N4O/c1-27-11-18-17(8-15(23)9-20(18)26-27)13-4-5-14(19(24)7-13)10-28-12-21-16(22(28)29)3-2-6-25-21/h2-9,11H,10,12H2,1H3/i12D2. The van der Waals surface area contributed by atoms with Crippen LogP contribution in [0.2, 0.25) is 0 Å². The molecule has 0 unspecified atom stereocenters. The van der Waals surface area contributed by atoms with Crippen molar-refractivity contribution in [3.63, 3.8) is 0 Å². The molecule has 0 spiro atoms. The molecule has 5 nitrogen and oxygen atoms in total. The minimum Gasteiger partial charge on any atom is -0.328 e. The zero-order valence-electron chi connectivity index (χ0n) is 17.4. The minimum absolute atomic E-state index is 0.0239. The average molecular weight is 392 g/mol. The Morgan fingerprint density at radius 3 is 2.83 bits per heavy atom. The summed E-state index contributed by atoms with van der Waals surface area (Å²) < 4.78 is 47.2. The number of carbonyl (C=O) groups excluding carboxylic acids is 1. The van der Waals surface area contributed by atoms with Crippen LogP contribution in [0.25, 0.3) is 22.0 Å². The normalized spacial score (nSPS) is 16.1. The number of benzene rings is 2. The molecule has 7 heteroatoms. The third kappa shape index (κ3) is 2.95. The lowest BCUT2D eigenvalue weighted by Gasteiger charge is -2.16. The third-order valence-electron chi connectivity index (χ3n) is 4.92. The molecule has 3 heterocycles.